The standard InChI is InChI=1S/C61H48BN/c1-10-29-49(30-11-1)59(50-31-12-2-13-32-50,51-33-14-3-15-34-51)58-47-28-48-62(60(52-35-16-4-17-36-52,53-37-18-5-19-38-53)54-39-20-6-21-40-54)63(58)61(55-41-22-7-23-42-55,56-43-24-8-25-44-56)57-45-26-9-27-46-57/h1-48H. The Labute approximate surface area is 373 Å². The molecule has 1 nitrogen and oxygen atoms in total. The Morgan fingerprint density at radius 2 is 0.508 bits per heavy atom. The summed E-state index contributed by atoms with van der Waals surface area (Å²) >= 11 is 0. The van der Waals surface area contributed by atoms with Crippen LogP contribution in [0.2, 0.25) is 0 Å². The van der Waals surface area contributed by atoms with E-state index in [9.17, 15) is 0 Å². The van der Waals surface area contributed by atoms with Crippen LogP contribution in [0.15, 0.2) is 297 Å². The van der Waals surface area contributed by atoms with E-state index in [1.165, 1.54) is 50.1 Å². The Morgan fingerprint density at radius 3 is 0.778 bits per heavy atom. The van der Waals surface area contributed by atoms with Crippen LogP contribution in [0.5, 0.6) is 0 Å². The highest BCUT2D eigenvalue weighted by Gasteiger charge is 2.59. The number of hydrogen-bond acceptors (Lipinski definition) is 1. The summed E-state index contributed by atoms with van der Waals surface area (Å²) in [5.74, 6) is 2.48. The second-order valence-electron chi connectivity index (χ2n) is 16.3. The largest absolute Gasteiger partial charge is 0.395 e. The molecule has 63 heavy (non-hydrogen) atoms. The highest BCUT2D eigenvalue weighted by molar-refractivity contribution is 6.67. The third kappa shape index (κ3) is 6.58. The van der Waals surface area contributed by atoms with Gasteiger partial charge in [-0.3, -0.25) is 0 Å². The maximum absolute atomic E-state index is 2.84. The Bertz CT molecular complexity index is 2610. The van der Waals surface area contributed by atoms with Crippen LogP contribution < -0.4 is 0 Å². The normalized spacial score (nSPS) is 13.0. The number of nitrogens with zero attached hydrogens (tertiary/aromatic N) is 1. The molecule has 0 saturated carbocycles. The SMILES string of the molecule is C1=CB(C(c2ccccc2)(c2ccccc2)c2ccccc2)N(C(c2ccccc2)(c2ccccc2)c2ccccc2)C(C(c2ccccc2)(c2ccccc2)c2ccccc2)=C1. The van der Waals surface area contributed by atoms with Gasteiger partial charge in [-0.05, 0) is 56.1 Å². The predicted molar refractivity (Wildman–Crippen MR) is 262 cm³/mol. The summed E-state index contributed by atoms with van der Waals surface area (Å²) in [4.78, 5) is 2.84. The molecule has 1 aliphatic heterocycles. The number of allylic oxidation sites excluding steroid dienone is 3. The highest BCUT2D eigenvalue weighted by atomic mass is 15.2. The van der Waals surface area contributed by atoms with Gasteiger partial charge in [-0.2, -0.15) is 0 Å². The summed E-state index contributed by atoms with van der Waals surface area (Å²) in [6.07, 6.45) is 4.76. The first-order chi connectivity index (χ1) is 31.3. The van der Waals surface area contributed by atoms with E-state index < -0.39 is 16.3 Å². The van der Waals surface area contributed by atoms with E-state index in [-0.39, 0.29) is 6.85 Å². The second kappa shape index (κ2) is 17.4. The molecule has 0 spiro atoms. The molecule has 0 radical (unpaired) electrons. The molecule has 2 heteroatoms. The van der Waals surface area contributed by atoms with Gasteiger partial charge in [0.15, 0.2) is 0 Å². The quantitative estimate of drug-likeness (QED) is 0.0878. The maximum atomic E-state index is 2.84. The van der Waals surface area contributed by atoms with Crippen molar-refractivity contribution in [2.75, 3.05) is 0 Å². The van der Waals surface area contributed by atoms with Gasteiger partial charge < -0.3 is 4.81 Å². The van der Waals surface area contributed by atoms with E-state index in [0.29, 0.717) is 0 Å². The Hall–Kier alpha value is -7.68. The lowest BCUT2D eigenvalue weighted by Crippen LogP contribution is -2.65. The minimum Gasteiger partial charge on any atom is -0.395 e. The number of rotatable bonds is 12. The fourth-order valence-electron chi connectivity index (χ4n) is 10.7. The van der Waals surface area contributed by atoms with Gasteiger partial charge in [0, 0.05) is 11.0 Å². The summed E-state index contributed by atoms with van der Waals surface area (Å²) in [5, 5.41) is -0.751. The number of benzene rings is 9. The second-order valence-corrected chi connectivity index (χ2v) is 16.3. The molecule has 0 fully saturated rings. The summed E-state index contributed by atoms with van der Waals surface area (Å²) in [6, 6.07) is 101. The third-order valence-electron chi connectivity index (χ3n) is 13.2. The molecule has 9 aromatic carbocycles. The van der Waals surface area contributed by atoms with Crippen molar-refractivity contribution < 1.29 is 0 Å². The van der Waals surface area contributed by atoms with E-state index in [2.05, 4.69) is 296 Å². The average molecular weight is 806 g/mol. The maximum Gasteiger partial charge on any atom is 0.302 e. The molecule has 0 unspecified atom stereocenters. The third-order valence-corrected chi connectivity index (χ3v) is 13.2. The molecular formula is C61H48BN. The molecule has 0 bridgehead atoms. The number of hydrogen-bond donors (Lipinski definition) is 0. The van der Waals surface area contributed by atoms with Crippen molar-refractivity contribution in [3.63, 3.8) is 0 Å². The summed E-state index contributed by atoms with van der Waals surface area (Å²) in [7, 11) is 0. The van der Waals surface area contributed by atoms with Crippen molar-refractivity contribution in [3.8, 4) is 0 Å². The van der Waals surface area contributed by atoms with Crippen molar-refractivity contribution in [3.05, 3.63) is 347 Å². The van der Waals surface area contributed by atoms with E-state index in [1.54, 1.807) is 0 Å². The van der Waals surface area contributed by atoms with Gasteiger partial charge in [0.1, 0.15) is 5.54 Å². The molecule has 0 saturated heterocycles. The van der Waals surface area contributed by atoms with E-state index in [1.807, 2.05) is 0 Å². The Morgan fingerprint density at radius 1 is 0.270 bits per heavy atom. The molecule has 0 aromatic heterocycles. The fourth-order valence-corrected chi connectivity index (χ4v) is 10.7. The molecule has 0 amide bonds. The lowest BCUT2D eigenvalue weighted by molar-refractivity contribution is 0.300. The molecule has 9 aromatic rings. The van der Waals surface area contributed by atoms with E-state index in [0.717, 1.165) is 5.70 Å². The van der Waals surface area contributed by atoms with E-state index in [4.69, 9.17) is 0 Å². The molecule has 10 rings (SSSR count). The van der Waals surface area contributed by atoms with Crippen LogP contribution in [0.1, 0.15) is 50.1 Å². The zero-order valence-corrected chi connectivity index (χ0v) is 35.2. The Balaban J connectivity index is 1.46. The van der Waals surface area contributed by atoms with Crippen molar-refractivity contribution in [2.24, 2.45) is 0 Å². The monoisotopic (exact) mass is 805 g/mol. The van der Waals surface area contributed by atoms with Crippen LogP contribution in [-0.4, -0.2) is 11.7 Å². The summed E-state index contributed by atoms with van der Waals surface area (Å²) < 4.78 is 0. The smallest absolute Gasteiger partial charge is 0.302 e. The van der Waals surface area contributed by atoms with Gasteiger partial charge in [0.05, 0.1) is 5.41 Å². The van der Waals surface area contributed by atoms with E-state index >= 15 is 0 Å². The van der Waals surface area contributed by atoms with Gasteiger partial charge in [-0.25, -0.2) is 0 Å². The minimum atomic E-state index is -0.905. The van der Waals surface area contributed by atoms with Crippen LogP contribution in [0.25, 0.3) is 0 Å². The zero-order valence-electron chi connectivity index (χ0n) is 35.2. The van der Waals surface area contributed by atoms with Crippen LogP contribution in [0.4, 0.5) is 0 Å². The molecule has 1 aliphatic rings. The molecular weight excluding hydrogens is 757 g/mol. The molecule has 0 N–H and O–H groups in total. The van der Waals surface area contributed by atoms with Gasteiger partial charge in [-0.15, -0.1) is 0 Å². The van der Waals surface area contributed by atoms with Crippen molar-refractivity contribution in [1.29, 1.82) is 0 Å². The van der Waals surface area contributed by atoms with Gasteiger partial charge in [0.25, 0.3) is 0 Å². The molecule has 0 atom stereocenters. The zero-order chi connectivity index (χ0) is 42.4. The average Bonchev–Trinajstić information content (AvgIpc) is 3.38. The van der Waals surface area contributed by atoms with Gasteiger partial charge in [0.2, 0.25) is 0 Å². The van der Waals surface area contributed by atoms with Crippen LogP contribution in [0.3, 0.4) is 0 Å². The topological polar surface area (TPSA) is 3.24 Å². The van der Waals surface area contributed by atoms with Crippen LogP contribution in [0, 0.1) is 0 Å². The van der Waals surface area contributed by atoms with Crippen molar-refractivity contribution >= 4 is 6.85 Å². The van der Waals surface area contributed by atoms with Crippen LogP contribution in [-0.2, 0) is 16.3 Å². The van der Waals surface area contributed by atoms with Crippen molar-refractivity contribution in [1.82, 2.24) is 4.81 Å². The van der Waals surface area contributed by atoms with Gasteiger partial charge >= 0.3 is 6.85 Å². The highest BCUT2D eigenvalue weighted by Crippen LogP contribution is 2.57. The summed E-state index contributed by atoms with van der Waals surface area (Å²) in [6.45, 7) is -0.333. The summed E-state index contributed by atoms with van der Waals surface area (Å²) in [5.41, 5.74) is 10.1. The van der Waals surface area contributed by atoms with Crippen LogP contribution >= 0.6 is 0 Å². The minimum absolute atomic E-state index is 0.333. The Kier molecular flexibility index (Phi) is 10.9. The first-order valence-electron chi connectivity index (χ1n) is 22.0. The predicted octanol–water partition coefficient (Wildman–Crippen LogP) is 13.9. The molecule has 300 valence electrons. The lowest BCUT2D eigenvalue weighted by Gasteiger charge is -2.59. The fraction of sp³-hybridized carbons (Fsp3) is 0.0492. The first kappa shape index (κ1) is 39.5. The van der Waals surface area contributed by atoms with Crippen molar-refractivity contribution in [2.45, 2.75) is 16.3 Å². The van der Waals surface area contributed by atoms with Gasteiger partial charge in [-0.1, -0.05) is 285 Å². The lowest BCUT2D eigenvalue weighted by atomic mass is 9.32. The first-order valence-corrected chi connectivity index (χ1v) is 22.0. The molecule has 0 aliphatic carbocycles. The molecule has 1 heterocycles.